The lowest BCUT2D eigenvalue weighted by atomic mass is 11.9. The van der Waals surface area contributed by atoms with E-state index in [9.17, 15) is 0 Å². The fourth-order valence-corrected chi connectivity index (χ4v) is 328. The van der Waals surface area contributed by atoms with Crippen molar-refractivity contribution < 1.29 is 0 Å². The second-order valence-electron chi connectivity index (χ2n) is 5.82. The minimum atomic E-state index is -0.879. The highest BCUT2D eigenvalue weighted by Crippen LogP contribution is 2.80. The second kappa shape index (κ2) is 2.97. The standard InChI is InChI=1S/C6H18S4Si5/c1-11(2)12(3)7-14(5)9-13(11,4)10-15(14,6)8-12/h1-6H3. The molecule has 4 aliphatic rings. The Morgan fingerprint density at radius 3 is 1.00 bits per heavy atom. The highest BCUT2D eigenvalue weighted by molar-refractivity contribution is 9.22. The molecule has 9 heteroatoms. The van der Waals surface area contributed by atoms with Gasteiger partial charge in [-0.1, -0.05) is 39.3 Å². The monoisotopic (exact) mass is 358 g/mol. The van der Waals surface area contributed by atoms with Gasteiger partial charge >= 0.3 is 0 Å². The number of rotatable bonds is 0. The van der Waals surface area contributed by atoms with Crippen LogP contribution in [0.3, 0.4) is 0 Å². The van der Waals surface area contributed by atoms with E-state index >= 15 is 0 Å². The van der Waals surface area contributed by atoms with E-state index in [4.69, 9.17) is 0 Å². The van der Waals surface area contributed by atoms with Crippen molar-refractivity contribution in [2.24, 2.45) is 0 Å². The van der Waals surface area contributed by atoms with Crippen LogP contribution in [-0.4, -0.2) is 30.7 Å². The van der Waals surface area contributed by atoms with E-state index in [-0.39, 0.29) is 0 Å². The van der Waals surface area contributed by atoms with Crippen LogP contribution in [0.25, 0.3) is 0 Å². The molecule has 0 aromatic heterocycles. The molecule has 0 unspecified atom stereocenters. The molecule has 4 heterocycles. The van der Waals surface area contributed by atoms with Crippen molar-refractivity contribution in [1.82, 2.24) is 0 Å². The lowest BCUT2D eigenvalue weighted by Crippen LogP contribution is -2.70. The minimum absolute atomic E-state index is 0.859. The first-order valence-corrected chi connectivity index (χ1v) is 30.4. The first-order valence-electron chi connectivity index (χ1n) is 5.38. The maximum absolute atomic E-state index is 2.77. The van der Waals surface area contributed by atoms with Gasteiger partial charge in [-0.2, -0.15) is 42.6 Å². The molecule has 4 rings (SSSR count). The molecule has 4 bridgehead atoms. The predicted molar refractivity (Wildman–Crippen MR) is 94.3 cm³/mol. The van der Waals surface area contributed by atoms with Crippen LogP contribution in [0.5, 0.6) is 0 Å². The lowest BCUT2D eigenvalue weighted by Gasteiger charge is -2.52. The van der Waals surface area contributed by atoms with Crippen molar-refractivity contribution in [2.75, 3.05) is 0 Å². The molecule has 4 saturated heterocycles. The van der Waals surface area contributed by atoms with Crippen LogP contribution in [0.15, 0.2) is 0 Å². The Morgan fingerprint density at radius 1 is 0.467 bits per heavy atom. The summed E-state index contributed by atoms with van der Waals surface area (Å²) in [4.78, 5) is 0. The molecule has 0 radical (unpaired) electrons. The Bertz CT molecular complexity index is 313. The Kier molecular flexibility index (Phi) is 2.48. The Morgan fingerprint density at radius 2 is 0.733 bits per heavy atom. The van der Waals surface area contributed by atoms with E-state index in [2.05, 4.69) is 81.9 Å². The van der Waals surface area contributed by atoms with Gasteiger partial charge in [-0.25, -0.2) is 0 Å². The van der Waals surface area contributed by atoms with Crippen molar-refractivity contribution >= 4 is 73.3 Å². The lowest BCUT2D eigenvalue weighted by molar-refractivity contribution is 1.97. The Balaban J connectivity index is 2.22. The number of hydrogen-bond acceptors (Lipinski definition) is 4. The highest BCUT2D eigenvalue weighted by atomic mass is 33.0. The fourth-order valence-electron chi connectivity index (χ4n) is 2.86. The first-order chi connectivity index (χ1) is 6.58. The molecule has 0 amide bonds. The third kappa shape index (κ3) is 1.21. The van der Waals surface area contributed by atoms with Crippen LogP contribution in [-0.2, 0) is 0 Å². The summed E-state index contributed by atoms with van der Waals surface area (Å²) < 4.78 is 0. The predicted octanol–water partition coefficient (Wildman–Crippen LogP) is 4.19. The summed E-state index contributed by atoms with van der Waals surface area (Å²) in [6.45, 7) is 16.5. The van der Waals surface area contributed by atoms with Crippen molar-refractivity contribution in [3.63, 3.8) is 0 Å². The summed E-state index contributed by atoms with van der Waals surface area (Å²) in [6, 6.07) is 0. The van der Waals surface area contributed by atoms with Gasteiger partial charge in [-0.15, -0.1) is 0 Å². The van der Waals surface area contributed by atoms with E-state index in [1.165, 1.54) is 0 Å². The molecule has 0 saturated carbocycles. The second-order valence-corrected chi connectivity index (χ2v) is 79.6. The van der Waals surface area contributed by atoms with Crippen LogP contribution in [0.2, 0.25) is 39.3 Å². The maximum atomic E-state index is 2.77. The minimum Gasteiger partial charge on any atom is -0.188 e. The number of hydrogen-bond donors (Lipinski definition) is 0. The van der Waals surface area contributed by atoms with Crippen molar-refractivity contribution in [3.05, 3.63) is 0 Å². The van der Waals surface area contributed by atoms with Gasteiger partial charge < -0.3 is 0 Å². The van der Waals surface area contributed by atoms with Crippen molar-refractivity contribution in [1.29, 1.82) is 0 Å². The van der Waals surface area contributed by atoms with Gasteiger partial charge in [0.05, 0.1) is 7.11 Å². The molecular weight excluding hydrogens is 341 g/mol. The topological polar surface area (TPSA) is 0 Å². The van der Waals surface area contributed by atoms with E-state index < -0.39 is 30.7 Å². The van der Waals surface area contributed by atoms with Crippen LogP contribution in [0, 0.1) is 0 Å². The van der Waals surface area contributed by atoms with E-state index in [1.54, 1.807) is 0 Å². The molecule has 0 aliphatic carbocycles. The van der Waals surface area contributed by atoms with E-state index in [0.717, 1.165) is 0 Å². The summed E-state index contributed by atoms with van der Waals surface area (Å²) in [5, 5.41) is 0. The van der Waals surface area contributed by atoms with Crippen LogP contribution in [0.4, 0.5) is 0 Å². The largest absolute Gasteiger partial charge is 0.188 e. The van der Waals surface area contributed by atoms with Gasteiger partial charge in [0.15, 0.2) is 23.6 Å². The zero-order chi connectivity index (χ0) is 11.3. The summed E-state index contributed by atoms with van der Waals surface area (Å²) >= 11 is 0. The highest BCUT2D eigenvalue weighted by Gasteiger charge is 2.83. The van der Waals surface area contributed by atoms with Gasteiger partial charge in [0.1, 0.15) is 0 Å². The molecule has 0 spiro atoms. The zero-order valence-corrected chi connectivity index (χ0v) is 18.4. The fraction of sp³-hybridized carbons (Fsp3) is 1.00. The zero-order valence-electron chi connectivity index (χ0n) is 10.1. The molecule has 0 aromatic carbocycles. The SMILES string of the molecule is C[Si]12S[Si]3(C)S[Si]1(C)S[Si](C)(S2)[Si]3(C)C. The smallest absolute Gasteiger partial charge is 0.174 e. The van der Waals surface area contributed by atoms with Crippen molar-refractivity contribution in [2.45, 2.75) is 39.3 Å². The molecule has 0 atom stereocenters. The van der Waals surface area contributed by atoms with Gasteiger partial charge in [0, 0.05) is 0 Å². The van der Waals surface area contributed by atoms with Crippen molar-refractivity contribution in [3.8, 4) is 0 Å². The summed E-state index contributed by atoms with van der Waals surface area (Å²) in [5.41, 5.74) is 0. The summed E-state index contributed by atoms with van der Waals surface area (Å²) in [7, 11) is 9.75. The summed E-state index contributed by atoms with van der Waals surface area (Å²) in [6.07, 6.45) is 0. The van der Waals surface area contributed by atoms with Gasteiger partial charge in [-0.05, 0) is 0 Å². The van der Waals surface area contributed by atoms with Gasteiger partial charge in [0.2, 0.25) is 0 Å². The Hall–Kier alpha value is 2.48. The molecule has 0 N–H and O–H groups in total. The van der Waals surface area contributed by atoms with E-state index in [0.29, 0.717) is 0 Å². The molecule has 0 nitrogen and oxygen atoms in total. The first kappa shape index (κ1) is 12.5. The summed E-state index contributed by atoms with van der Waals surface area (Å²) in [5.74, 6) is -3.49. The Labute approximate surface area is 111 Å². The normalized spacial score (nSPS) is 65.2. The van der Waals surface area contributed by atoms with E-state index in [1.807, 2.05) is 0 Å². The molecular formula is C6H18S4Si5. The van der Waals surface area contributed by atoms with Gasteiger partial charge in [-0.3, -0.25) is 0 Å². The van der Waals surface area contributed by atoms with Crippen LogP contribution in [0.1, 0.15) is 0 Å². The third-order valence-corrected chi connectivity index (χ3v) is 163. The molecule has 0 aromatic rings. The third-order valence-electron chi connectivity index (χ3n) is 4.65. The van der Waals surface area contributed by atoms with Crippen LogP contribution < -0.4 is 0 Å². The average molecular weight is 359 g/mol. The van der Waals surface area contributed by atoms with Crippen LogP contribution >= 0.6 is 42.6 Å². The van der Waals surface area contributed by atoms with Gasteiger partial charge in [0.25, 0.3) is 0 Å². The molecule has 4 aliphatic heterocycles. The molecule has 86 valence electrons. The maximum Gasteiger partial charge on any atom is 0.174 e. The average Bonchev–Trinajstić information content (AvgIpc) is 2.24. The molecule has 4 fully saturated rings. The molecule has 15 heavy (non-hydrogen) atoms. The quantitative estimate of drug-likeness (QED) is 0.595.